The normalized spacial score (nSPS) is 10.4. The van der Waals surface area contributed by atoms with Gasteiger partial charge in [0.1, 0.15) is 5.56 Å². The van der Waals surface area contributed by atoms with E-state index in [0.717, 1.165) is 13.3 Å². The standard InChI is InChI=1S/C8H8F2N2O3/c1-15-8(14)3-2-12-5(7(9)10)6(13)4(3)11/h2,7,13H,1H3,(H2,11,12). The summed E-state index contributed by atoms with van der Waals surface area (Å²) < 4.78 is 28.8. The molecule has 0 saturated heterocycles. The van der Waals surface area contributed by atoms with E-state index in [0.29, 0.717) is 0 Å². The minimum atomic E-state index is -2.96. The van der Waals surface area contributed by atoms with Crippen molar-refractivity contribution in [1.82, 2.24) is 4.98 Å². The highest BCUT2D eigenvalue weighted by molar-refractivity contribution is 5.96. The number of nitrogens with two attached hydrogens (primary N) is 1. The highest BCUT2D eigenvalue weighted by Gasteiger charge is 2.22. The van der Waals surface area contributed by atoms with Crippen LogP contribution in [-0.2, 0) is 4.74 Å². The average Bonchev–Trinajstić information content (AvgIpc) is 2.20. The van der Waals surface area contributed by atoms with Crippen molar-refractivity contribution in [1.29, 1.82) is 0 Å². The lowest BCUT2D eigenvalue weighted by atomic mass is 10.2. The number of nitrogens with zero attached hydrogens (tertiary/aromatic N) is 1. The maximum absolute atomic E-state index is 12.2. The molecule has 15 heavy (non-hydrogen) atoms. The molecule has 0 atom stereocenters. The van der Waals surface area contributed by atoms with E-state index < -0.39 is 29.5 Å². The summed E-state index contributed by atoms with van der Waals surface area (Å²) in [6, 6.07) is 0. The number of aromatic hydroxyl groups is 1. The Kier molecular flexibility index (Phi) is 3.03. The van der Waals surface area contributed by atoms with Crippen LogP contribution in [0.5, 0.6) is 5.75 Å². The molecule has 0 aliphatic carbocycles. The molecule has 1 aromatic rings. The lowest BCUT2D eigenvalue weighted by Gasteiger charge is -2.08. The van der Waals surface area contributed by atoms with Gasteiger partial charge in [-0.1, -0.05) is 0 Å². The number of hydrogen-bond donors (Lipinski definition) is 2. The number of alkyl halides is 2. The minimum Gasteiger partial charge on any atom is -0.504 e. The van der Waals surface area contributed by atoms with Crippen LogP contribution >= 0.6 is 0 Å². The van der Waals surface area contributed by atoms with Crippen molar-refractivity contribution in [3.8, 4) is 5.75 Å². The second kappa shape index (κ2) is 4.07. The fourth-order valence-corrected chi connectivity index (χ4v) is 0.963. The summed E-state index contributed by atoms with van der Waals surface area (Å²) >= 11 is 0. The Morgan fingerprint density at radius 2 is 2.27 bits per heavy atom. The number of nitrogen functional groups attached to an aromatic ring is 1. The Morgan fingerprint density at radius 3 is 2.73 bits per heavy atom. The van der Waals surface area contributed by atoms with E-state index in [-0.39, 0.29) is 5.56 Å². The van der Waals surface area contributed by atoms with E-state index in [1.807, 2.05) is 0 Å². The summed E-state index contributed by atoms with van der Waals surface area (Å²) in [5, 5.41) is 9.22. The van der Waals surface area contributed by atoms with Gasteiger partial charge in [0, 0.05) is 6.20 Å². The van der Waals surface area contributed by atoms with Gasteiger partial charge >= 0.3 is 5.97 Å². The molecule has 0 bridgehead atoms. The maximum Gasteiger partial charge on any atom is 0.341 e. The maximum atomic E-state index is 12.2. The smallest absolute Gasteiger partial charge is 0.341 e. The molecule has 0 spiro atoms. The van der Waals surface area contributed by atoms with Crippen LogP contribution in [0.1, 0.15) is 22.5 Å². The number of esters is 1. The molecule has 1 aromatic heterocycles. The first-order valence-corrected chi connectivity index (χ1v) is 3.82. The minimum absolute atomic E-state index is 0.251. The number of aromatic nitrogens is 1. The van der Waals surface area contributed by atoms with E-state index in [9.17, 15) is 18.7 Å². The van der Waals surface area contributed by atoms with Gasteiger partial charge in [-0.25, -0.2) is 13.6 Å². The zero-order valence-corrected chi connectivity index (χ0v) is 7.70. The lowest BCUT2D eigenvalue weighted by molar-refractivity contribution is 0.0600. The zero-order valence-electron chi connectivity index (χ0n) is 7.70. The number of carbonyl (C=O) groups excluding carboxylic acids is 1. The van der Waals surface area contributed by atoms with E-state index in [1.165, 1.54) is 0 Å². The van der Waals surface area contributed by atoms with Crippen molar-refractivity contribution in [2.24, 2.45) is 0 Å². The second-order valence-electron chi connectivity index (χ2n) is 2.61. The molecular formula is C8H8F2N2O3. The first-order chi connectivity index (χ1) is 6.99. The topological polar surface area (TPSA) is 85.4 Å². The van der Waals surface area contributed by atoms with Crippen LogP contribution in [0.3, 0.4) is 0 Å². The summed E-state index contributed by atoms with van der Waals surface area (Å²) in [4.78, 5) is 14.3. The van der Waals surface area contributed by atoms with Crippen molar-refractivity contribution in [3.05, 3.63) is 17.5 Å². The SMILES string of the molecule is COC(=O)c1cnc(C(F)F)c(O)c1N. The van der Waals surface area contributed by atoms with Crippen LogP contribution in [0, 0.1) is 0 Å². The predicted molar refractivity (Wildman–Crippen MR) is 46.6 cm³/mol. The van der Waals surface area contributed by atoms with E-state index in [1.54, 1.807) is 0 Å². The van der Waals surface area contributed by atoms with Crippen molar-refractivity contribution >= 4 is 11.7 Å². The van der Waals surface area contributed by atoms with Crippen LogP contribution in [0.15, 0.2) is 6.20 Å². The molecule has 82 valence electrons. The fourth-order valence-electron chi connectivity index (χ4n) is 0.963. The molecule has 7 heteroatoms. The average molecular weight is 218 g/mol. The molecule has 0 aliphatic rings. The molecule has 1 rings (SSSR count). The first-order valence-electron chi connectivity index (χ1n) is 3.82. The fraction of sp³-hybridized carbons (Fsp3) is 0.250. The summed E-state index contributed by atoms with van der Waals surface area (Å²) in [6.07, 6.45) is -2.12. The molecule has 3 N–H and O–H groups in total. The Balaban J connectivity index is 3.27. The van der Waals surface area contributed by atoms with Gasteiger partial charge in [0.05, 0.1) is 12.8 Å². The second-order valence-corrected chi connectivity index (χ2v) is 2.61. The van der Waals surface area contributed by atoms with Gasteiger partial charge in [0.2, 0.25) is 0 Å². The van der Waals surface area contributed by atoms with E-state index >= 15 is 0 Å². The van der Waals surface area contributed by atoms with Gasteiger partial charge in [0.15, 0.2) is 11.4 Å². The number of ether oxygens (including phenoxy) is 1. The van der Waals surface area contributed by atoms with Crippen molar-refractivity contribution in [3.63, 3.8) is 0 Å². The largest absolute Gasteiger partial charge is 0.504 e. The highest BCUT2D eigenvalue weighted by atomic mass is 19.3. The number of hydrogen-bond acceptors (Lipinski definition) is 5. The Morgan fingerprint density at radius 1 is 1.67 bits per heavy atom. The monoisotopic (exact) mass is 218 g/mol. The van der Waals surface area contributed by atoms with Gasteiger partial charge in [-0.15, -0.1) is 0 Å². The quantitative estimate of drug-likeness (QED) is 0.726. The molecule has 0 fully saturated rings. The zero-order chi connectivity index (χ0) is 11.6. The number of rotatable bonds is 2. The summed E-state index contributed by atoms with van der Waals surface area (Å²) in [5.41, 5.74) is 3.70. The number of pyridine rings is 1. The number of halogens is 2. The molecule has 0 saturated carbocycles. The molecule has 0 aliphatic heterocycles. The number of methoxy groups -OCH3 is 1. The van der Waals surface area contributed by atoms with Crippen LogP contribution in [0.2, 0.25) is 0 Å². The van der Waals surface area contributed by atoms with Gasteiger partial charge in [-0.05, 0) is 0 Å². The molecule has 5 nitrogen and oxygen atoms in total. The van der Waals surface area contributed by atoms with Crippen LogP contribution in [0.25, 0.3) is 0 Å². The van der Waals surface area contributed by atoms with Crippen molar-refractivity contribution in [2.75, 3.05) is 12.8 Å². The molecule has 0 amide bonds. The van der Waals surface area contributed by atoms with Gasteiger partial charge in [0.25, 0.3) is 6.43 Å². The highest BCUT2D eigenvalue weighted by Crippen LogP contribution is 2.33. The van der Waals surface area contributed by atoms with Gasteiger partial charge in [-0.2, -0.15) is 0 Å². The number of carbonyl (C=O) groups is 1. The third-order valence-electron chi connectivity index (χ3n) is 1.73. The van der Waals surface area contributed by atoms with Gasteiger partial charge in [-0.3, -0.25) is 4.98 Å². The Hall–Kier alpha value is -1.92. The summed E-state index contributed by atoms with van der Waals surface area (Å²) in [7, 11) is 1.10. The Labute approximate surface area is 83.5 Å². The van der Waals surface area contributed by atoms with Crippen molar-refractivity contribution in [2.45, 2.75) is 6.43 Å². The Bertz CT molecular complexity index is 396. The number of anilines is 1. The summed E-state index contributed by atoms with van der Waals surface area (Å²) in [6.45, 7) is 0. The van der Waals surface area contributed by atoms with Crippen LogP contribution < -0.4 is 5.73 Å². The molecule has 0 radical (unpaired) electrons. The summed E-state index contributed by atoms with van der Waals surface area (Å²) in [5.74, 6) is -1.75. The van der Waals surface area contributed by atoms with Crippen molar-refractivity contribution < 1.29 is 23.4 Å². The molecule has 0 aromatic carbocycles. The lowest BCUT2D eigenvalue weighted by Crippen LogP contribution is -2.08. The third kappa shape index (κ3) is 1.95. The first kappa shape index (κ1) is 11.2. The molecule has 0 unspecified atom stereocenters. The molecular weight excluding hydrogens is 210 g/mol. The van der Waals surface area contributed by atoms with E-state index in [2.05, 4.69) is 9.72 Å². The van der Waals surface area contributed by atoms with Crippen LogP contribution in [-0.4, -0.2) is 23.2 Å². The third-order valence-corrected chi connectivity index (χ3v) is 1.73. The van der Waals surface area contributed by atoms with Gasteiger partial charge < -0.3 is 15.6 Å². The predicted octanol–water partition coefficient (Wildman–Crippen LogP) is 1.09. The van der Waals surface area contributed by atoms with E-state index in [4.69, 9.17) is 5.73 Å². The van der Waals surface area contributed by atoms with Crippen LogP contribution in [0.4, 0.5) is 14.5 Å². The molecule has 1 heterocycles.